The summed E-state index contributed by atoms with van der Waals surface area (Å²) in [6, 6.07) is 0.123. The summed E-state index contributed by atoms with van der Waals surface area (Å²) in [7, 11) is 0. The zero-order valence-corrected chi connectivity index (χ0v) is 8.68. The number of carbonyl (C=O) groups is 1. The summed E-state index contributed by atoms with van der Waals surface area (Å²) >= 11 is 0. The number of amides is 1. The molecule has 1 aliphatic heterocycles. The minimum atomic E-state index is 0.123. The highest BCUT2D eigenvalue weighted by Gasteiger charge is 2.24. The summed E-state index contributed by atoms with van der Waals surface area (Å²) in [5.41, 5.74) is 0. The van der Waals surface area contributed by atoms with E-state index in [1.54, 1.807) is 0 Å². The highest BCUT2D eigenvalue weighted by molar-refractivity contribution is 5.81. The van der Waals surface area contributed by atoms with Gasteiger partial charge in [0.1, 0.15) is 0 Å². The molecule has 1 saturated heterocycles. The third kappa shape index (κ3) is 2.69. The molecule has 0 saturated carbocycles. The van der Waals surface area contributed by atoms with E-state index in [4.69, 9.17) is 0 Å². The molecule has 1 rings (SSSR count). The summed E-state index contributed by atoms with van der Waals surface area (Å²) in [5, 5.41) is 2.96. The maximum absolute atomic E-state index is 11.6. The molecular formula is C10H20N2O. The Morgan fingerprint density at radius 3 is 2.69 bits per heavy atom. The molecule has 0 aromatic heterocycles. The van der Waals surface area contributed by atoms with Gasteiger partial charge in [0.05, 0.1) is 6.04 Å². The summed E-state index contributed by atoms with van der Waals surface area (Å²) < 4.78 is 0. The van der Waals surface area contributed by atoms with Crippen molar-refractivity contribution in [2.75, 3.05) is 19.6 Å². The number of likely N-dealkylation sites (N-methyl/N-ethyl adjacent to an activating group) is 1. The molecule has 13 heavy (non-hydrogen) atoms. The fourth-order valence-electron chi connectivity index (χ4n) is 1.94. The van der Waals surface area contributed by atoms with E-state index in [-0.39, 0.29) is 11.9 Å². The van der Waals surface area contributed by atoms with Gasteiger partial charge in [-0.25, -0.2) is 0 Å². The molecule has 1 fully saturated rings. The van der Waals surface area contributed by atoms with Gasteiger partial charge in [-0.05, 0) is 32.4 Å². The molecule has 1 N–H and O–H groups in total. The third-order valence-electron chi connectivity index (χ3n) is 2.76. The summed E-state index contributed by atoms with van der Waals surface area (Å²) in [6.45, 7) is 7.02. The average molecular weight is 184 g/mol. The number of carbonyl (C=O) groups excluding carboxylic acids is 1. The van der Waals surface area contributed by atoms with Crippen LogP contribution in [0.1, 0.15) is 33.1 Å². The molecule has 1 unspecified atom stereocenters. The standard InChI is InChI=1S/C10H20N2O/c1-3-12(4-2)9-7-5-6-8-11-10(9)13/h9H,3-8H2,1-2H3,(H,11,13). The minimum absolute atomic E-state index is 0.123. The number of hydrogen-bond donors (Lipinski definition) is 1. The number of rotatable bonds is 3. The molecule has 0 aromatic rings. The van der Waals surface area contributed by atoms with Gasteiger partial charge in [-0.3, -0.25) is 9.69 Å². The van der Waals surface area contributed by atoms with Crippen molar-refractivity contribution in [3.8, 4) is 0 Å². The first kappa shape index (κ1) is 10.5. The highest BCUT2D eigenvalue weighted by Crippen LogP contribution is 2.11. The summed E-state index contributed by atoms with van der Waals surface area (Å²) in [5.74, 6) is 0.223. The van der Waals surface area contributed by atoms with Gasteiger partial charge in [0.15, 0.2) is 0 Å². The molecule has 1 atom stereocenters. The Morgan fingerprint density at radius 1 is 1.38 bits per heavy atom. The van der Waals surface area contributed by atoms with E-state index in [0.717, 1.165) is 32.5 Å². The van der Waals surface area contributed by atoms with E-state index < -0.39 is 0 Å². The first-order valence-electron chi connectivity index (χ1n) is 5.31. The second kappa shape index (κ2) is 5.22. The number of hydrogen-bond acceptors (Lipinski definition) is 2. The molecule has 76 valence electrons. The minimum Gasteiger partial charge on any atom is -0.355 e. The van der Waals surface area contributed by atoms with Crippen LogP contribution in [0.25, 0.3) is 0 Å². The van der Waals surface area contributed by atoms with Gasteiger partial charge >= 0.3 is 0 Å². The fraction of sp³-hybridized carbons (Fsp3) is 0.900. The van der Waals surface area contributed by atoms with Crippen molar-refractivity contribution in [3.63, 3.8) is 0 Å². The van der Waals surface area contributed by atoms with Gasteiger partial charge in [0, 0.05) is 6.54 Å². The van der Waals surface area contributed by atoms with Gasteiger partial charge in [0.25, 0.3) is 0 Å². The lowest BCUT2D eigenvalue weighted by molar-refractivity contribution is -0.126. The van der Waals surface area contributed by atoms with Crippen molar-refractivity contribution < 1.29 is 4.79 Å². The Bertz CT molecular complexity index is 166. The largest absolute Gasteiger partial charge is 0.355 e. The lowest BCUT2D eigenvalue weighted by Gasteiger charge is -2.26. The van der Waals surface area contributed by atoms with Crippen molar-refractivity contribution >= 4 is 5.91 Å². The van der Waals surface area contributed by atoms with Crippen LogP contribution < -0.4 is 5.32 Å². The van der Waals surface area contributed by atoms with Crippen LogP contribution >= 0.6 is 0 Å². The zero-order chi connectivity index (χ0) is 9.68. The predicted octanol–water partition coefficient (Wildman–Crippen LogP) is 0.997. The molecule has 0 aromatic carbocycles. The molecule has 0 bridgehead atoms. The molecule has 1 aliphatic rings. The fourth-order valence-corrected chi connectivity index (χ4v) is 1.94. The summed E-state index contributed by atoms with van der Waals surface area (Å²) in [6.07, 6.45) is 3.32. The van der Waals surface area contributed by atoms with Crippen molar-refractivity contribution in [2.24, 2.45) is 0 Å². The first-order valence-corrected chi connectivity index (χ1v) is 5.31. The van der Waals surface area contributed by atoms with Crippen LogP contribution in [0.3, 0.4) is 0 Å². The molecule has 3 nitrogen and oxygen atoms in total. The molecule has 3 heteroatoms. The maximum Gasteiger partial charge on any atom is 0.237 e. The van der Waals surface area contributed by atoms with Gasteiger partial charge in [-0.1, -0.05) is 13.8 Å². The Morgan fingerprint density at radius 2 is 2.08 bits per heavy atom. The van der Waals surface area contributed by atoms with Crippen LogP contribution in [0, 0.1) is 0 Å². The third-order valence-corrected chi connectivity index (χ3v) is 2.76. The van der Waals surface area contributed by atoms with E-state index in [1.165, 1.54) is 6.42 Å². The topological polar surface area (TPSA) is 32.3 Å². The van der Waals surface area contributed by atoms with Crippen molar-refractivity contribution in [1.82, 2.24) is 10.2 Å². The van der Waals surface area contributed by atoms with Crippen LogP contribution in [0.2, 0.25) is 0 Å². The Kier molecular flexibility index (Phi) is 4.22. The van der Waals surface area contributed by atoms with Crippen molar-refractivity contribution in [1.29, 1.82) is 0 Å². The smallest absolute Gasteiger partial charge is 0.237 e. The van der Waals surface area contributed by atoms with E-state index in [0.29, 0.717) is 0 Å². The Hall–Kier alpha value is -0.570. The molecule has 1 amide bonds. The lowest BCUT2D eigenvalue weighted by atomic mass is 10.1. The lowest BCUT2D eigenvalue weighted by Crippen LogP contribution is -2.45. The highest BCUT2D eigenvalue weighted by atomic mass is 16.2. The van der Waals surface area contributed by atoms with Crippen LogP contribution in [0.4, 0.5) is 0 Å². The molecular weight excluding hydrogens is 164 g/mol. The Labute approximate surface area is 80.5 Å². The van der Waals surface area contributed by atoms with Gasteiger partial charge < -0.3 is 5.32 Å². The van der Waals surface area contributed by atoms with Gasteiger partial charge in [-0.15, -0.1) is 0 Å². The van der Waals surface area contributed by atoms with E-state index in [1.807, 2.05) is 0 Å². The van der Waals surface area contributed by atoms with Gasteiger partial charge in [-0.2, -0.15) is 0 Å². The molecule has 0 aliphatic carbocycles. The second-order valence-corrected chi connectivity index (χ2v) is 3.52. The zero-order valence-electron chi connectivity index (χ0n) is 8.68. The molecule has 1 heterocycles. The summed E-state index contributed by atoms with van der Waals surface area (Å²) in [4.78, 5) is 13.9. The van der Waals surface area contributed by atoms with Crippen LogP contribution in [-0.2, 0) is 4.79 Å². The van der Waals surface area contributed by atoms with Crippen molar-refractivity contribution in [2.45, 2.75) is 39.2 Å². The first-order chi connectivity index (χ1) is 6.29. The second-order valence-electron chi connectivity index (χ2n) is 3.52. The van der Waals surface area contributed by atoms with Crippen LogP contribution in [0.5, 0.6) is 0 Å². The van der Waals surface area contributed by atoms with Crippen molar-refractivity contribution in [3.05, 3.63) is 0 Å². The van der Waals surface area contributed by atoms with Crippen LogP contribution in [0.15, 0.2) is 0 Å². The molecule has 0 radical (unpaired) electrons. The number of nitrogens with zero attached hydrogens (tertiary/aromatic N) is 1. The quantitative estimate of drug-likeness (QED) is 0.709. The van der Waals surface area contributed by atoms with E-state index >= 15 is 0 Å². The number of nitrogens with one attached hydrogen (secondary N) is 1. The molecule has 0 spiro atoms. The average Bonchev–Trinajstić information content (AvgIpc) is 2.34. The normalized spacial score (nSPS) is 24.2. The maximum atomic E-state index is 11.6. The van der Waals surface area contributed by atoms with E-state index in [9.17, 15) is 4.79 Å². The monoisotopic (exact) mass is 184 g/mol. The van der Waals surface area contributed by atoms with Gasteiger partial charge in [0.2, 0.25) is 5.91 Å². The van der Waals surface area contributed by atoms with Crippen LogP contribution in [-0.4, -0.2) is 36.5 Å². The Balaban J connectivity index is 2.57. The van der Waals surface area contributed by atoms with E-state index in [2.05, 4.69) is 24.1 Å². The predicted molar refractivity (Wildman–Crippen MR) is 53.6 cm³/mol. The SMILES string of the molecule is CCN(CC)C1CCCCNC1=O.